The second-order valence-electron chi connectivity index (χ2n) is 6.74. The summed E-state index contributed by atoms with van der Waals surface area (Å²) < 4.78 is 15.9. The minimum atomic E-state index is -0.585. The number of anilines is 1. The van der Waals surface area contributed by atoms with Crippen molar-refractivity contribution in [2.75, 3.05) is 38.9 Å². The normalized spacial score (nSPS) is 15.9. The van der Waals surface area contributed by atoms with Crippen LogP contribution in [0.25, 0.3) is 0 Å². The van der Waals surface area contributed by atoms with Crippen molar-refractivity contribution in [3.63, 3.8) is 0 Å². The number of nitrogens with one attached hydrogen (secondary N) is 1. The number of benzene rings is 1. The molecule has 0 unspecified atom stereocenters. The van der Waals surface area contributed by atoms with Crippen molar-refractivity contribution in [2.45, 2.75) is 25.2 Å². The summed E-state index contributed by atoms with van der Waals surface area (Å²) in [6.07, 6.45) is 2.94. The molecule has 27 heavy (non-hydrogen) atoms. The lowest BCUT2D eigenvalue weighted by atomic mass is 9.73. The van der Waals surface area contributed by atoms with E-state index >= 15 is 0 Å². The average Bonchev–Trinajstić information content (AvgIpc) is 2.70. The minimum Gasteiger partial charge on any atom is -0.475 e. The molecule has 1 aliphatic rings. The van der Waals surface area contributed by atoms with Gasteiger partial charge in [0.15, 0.2) is 0 Å². The molecule has 1 aromatic carbocycles. The highest BCUT2D eigenvalue weighted by molar-refractivity contribution is 5.99. The van der Waals surface area contributed by atoms with Crippen molar-refractivity contribution in [2.24, 2.45) is 0 Å². The SMILES string of the molecule is COCCOc1ccc(NC(=O)C2(c3cccc(C)c3)CCOCC2)cn1. The highest BCUT2D eigenvalue weighted by Crippen LogP contribution is 2.36. The van der Waals surface area contributed by atoms with Crippen molar-refractivity contribution in [1.82, 2.24) is 4.98 Å². The molecule has 2 heterocycles. The molecular formula is C21H26N2O4. The van der Waals surface area contributed by atoms with E-state index in [1.165, 1.54) is 0 Å². The maximum Gasteiger partial charge on any atom is 0.235 e. The van der Waals surface area contributed by atoms with Crippen LogP contribution in [0, 0.1) is 6.92 Å². The summed E-state index contributed by atoms with van der Waals surface area (Å²) >= 11 is 0. The van der Waals surface area contributed by atoms with Crippen LogP contribution in [0.3, 0.4) is 0 Å². The van der Waals surface area contributed by atoms with Gasteiger partial charge in [-0.3, -0.25) is 4.79 Å². The van der Waals surface area contributed by atoms with Gasteiger partial charge in [-0.25, -0.2) is 4.98 Å². The van der Waals surface area contributed by atoms with Crippen LogP contribution >= 0.6 is 0 Å². The van der Waals surface area contributed by atoms with Gasteiger partial charge in [-0.2, -0.15) is 0 Å². The topological polar surface area (TPSA) is 69.7 Å². The van der Waals surface area contributed by atoms with Crippen molar-refractivity contribution in [1.29, 1.82) is 0 Å². The monoisotopic (exact) mass is 370 g/mol. The number of aryl methyl sites for hydroxylation is 1. The molecule has 3 rings (SSSR count). The molecule has 0 saturated carbocycles. The Labute approximate surface area is 159 Å². The Bertz CT molecular complexity index is 755. The first kappa shape index (κ1) is 19.3. The molecule has 1 amide bonds. The van der Waals surface area contributed by atoms with Crippen molar-refractivity contribution < 1.29 is 19.0 Å². The third kappa shape index (κ3) is 4.64. The van der Waals surface area contributed by atoms with Gasteiger partial charge in [0.2, 0.25) is 11.8 Å². The molecule has 0 radical (unpaired) electrons. The molecular weight excluding hydrogens is 344 g/mol. The number of hydrogen-bond donors (Lipinski definition) is 1. The highest BCUT2D eigenvalue weighted by Gasteiger charge is 2.41. The zero-order chi connectivity index (χ0) is 19.1. The number of amides is 1. The molecule has 0 atom stereocenters. The van der Waals surface area contributed by atoms with Gasteiger partial charge >= 0.3 is 0 Å². The maximum absolute atomic E-state index is 13.3. The fourth-order valence-corrected chi connectivity index (χ4v) is 3.33. The number of aromatic nitrogens is 1. The summed E-state index contributed by atoms with van der Waals surface area (Å²) in [5.74, 6) is 0.482. The Morgan fingerprint density at radius 3 is 2.70 bits per heavy atom. The summed E-state index contributed by atoms with van der Waals surface area (Å²) in [6.45, 7) is 4.13. The van der Waals surface area contributed by atoms with Gasteiger partial charge in [-0.15, -0.1) is 0 Å². The van der Waals surface area contributed by atoms with E-state index in [9.17, 15) is 4.79 Å². The molecule has 0 spiro atoms. The summed E-state index contributed by atoms with van der Waals surface area (Å²) in [5, 5.41) is 3.03. The molecule has 1 N–H and O–H groups in total. The predicted octanol–water partition coefficient (Wildman–Crippen LogP) is 3.10. The van der Waals surface area contributed by atoms with E-state index in [0.717, 1.165) is 11.1 Å². The van der Waals surface area contributed by atoms with Gasteiger partial charge in [-0.1, -0.05) is 29.8 Å². The number of methoxy groups -OCH3 is 1. The van der Waals surface area contributed by atoms with Gasteiger partial charge in [0, 0.05) is 26.4 Å². The van der Waals surface area contributed by atoms with E-state index in [2.05, 4.69) is 16.4 Å². The van der Waals surface area contributed by atoms with Crippen molar-refractivity contribution in [3.8, 4) is 5.88 Å². The Morgan fingerprint density at radius 2 is 2.04 bits per heavy atom. The maximum atomic E-state index is 13.3. The second kappa shape index (κ2) is 8.97. The first-order valence-electron chi connectivity index (χ1n) is 9.18. The molecule has 1 saturated heterocycles. The zero-order valence-electron chi connectivity index (χ0n) is 15.9. The van der Waals surface area contributed by atoms with Crippen LogP contribution in [0.15, 0.2) is 42.6 Å². The minimum absolute atomic E-state index is 0.0220. The Balaban J connectivity index is 1.75. The number of nitrogens with zero attached hydrogens (tertiary/aromatic N) is 1. The van der Waals surface area contributed by atoms with Crippen LogP contribution in [-0.2, 0) is 19.7 Å². The summed E-state index contributed by atoms with van der Waals surface area (Å²) in [5.41, 5.74) is 2.25. The van der Waals surface area contributed by atoms with Crippen LogP contribution in [0.1, 0.15) is 24.0 Å². The Kier molecular flexibility index (Phi) is 6.42. The first-order valence-corrected chi connectivity index (χ1v) is 9.18. The van der Waals surface area contributed by atoms with E-state index in [4.69, 9.17) is 14.2 Å². The Hall–Kier alpha value is -2.44. The number of ether oxygens (including phenoxy) is 3. The van der Waals surface area contributed by atoms with Crippen molar-refractivity contribution >= 4 is 11.6 Å². The fraction of sp³-hybridized carbons (Fsp3) is 0.429. The average molecular weight is 370 g/mol. The first-order chi connectivity index (χ1) is 13.1. The third-order valence-electron chi connectivity index (χ3n) is 4.88. The van der Waals surface area contributed by atoms with Gasteiger partial charge in [0.1, 0.15) is 6.61 Å². The molecule has 6 heteroatoms. The number of carbonyl (C=O) groups is 1. The lowest BCUT2D eigenvalue weighted by molar-refractivity contribution is -0.125. The molecule has 6 nitrogen and oxygen atoms in total. The standard InChI is InChI=1S/C21H26N2O4/c1-16-4-3-5-17(14-16)21(8-10-26-11-9-21)20(24)23-18-6-7-19(22-15-18)27-13-12-25-2/h3-7,14-15H,8-13H2,1-2H3,(H,23,24). The number of rotatable bonds is 7. The number of hydrogen-bond acceptors (Lipinski definition) is 5. The van der Waals surface area contributed by atoms with Gasteiger partial charge in [0.05, 0.1) is 23.9 Å². The highest BCUT2D eigenvalue weighted by atomic mass is 16.5. The summed E-state index contributed by atoms with van der Waals surface area (Å²) in [7, 11) is 1.62. The lowest BCUT2D eigenvalue weighted by Gasteiger charge is -2.36. The summed E-state index contributed by atoms with van der Waals surface area (Å²) in [4.78, 5) is 17.5. The molecule has 1 aromatic heterocycles. The molecule has 1 aliphatic heterocycles. The molecule has 144 valence electrons. The van der Waals surface area contributed by atoms with E-state index in [-0.39, 0.29) is 5.91 Å². The lowest BCUT2D eigenvalue weighted by Crippen LogP contribution is -2.44. The second-order valence-corrected chi connectivity index (χ2v) is 6.74. The van der Waals surface area contributed by atoms with Crippen LogP contribution < -0.4 is 10.1 Å². The number of carbonyl (C=O) groups excluding carboxylic acids is 1. The number of pyridine rings is 1. The molecule has 2 aromatic rings. The third-order valence-corrected chi connectivity index (χ3v) is 4.88. The zero-order valence-corrected chi connectivity index (χ0v) is 15.9. The van der Waals surface area contributed by atoms with Crippen LogP contribution in [0.2, 0.25) is 0 Å². The van der Waals surface area contributed by atoms with Crippen LogP contribution in [0.4, 0.5) is 5.69 Å². The van der Waals surface area contributed by atoms with E-state index in [1.54, 1.807) is 25.4 Å². The summed E-state index contributed by atoms with van der Waals surface area (Å²) in [6, 6.07) is 11.7. The van der Waals surface area contributed by atoms with E-state index in [0.29, 0.717) is 50.8 Å². The Morgan fingerprint density at radius 1 is 1.22 bits per heavy atom. The fourth-order valence-electron chi connectivity index (χ4n) is 3.33. The smallest absolute Gasteiger partial charge is 0.235 e. The van der Waals surface area contributed by atoms with Gasteiger partial charge in [-0.05, 0) is 31.4 Å². The predicted molar refractivity (Wildman–Crippen MR) is 103 cm³/mol. The molecule has 1 fully saturated rings. The van der Waals surface area contributed by atoms with E-state index in [1.807, 2.05) is 25.1 Å². The largest absolute Gasteiger partial charge is 0.475 e. The quantitative estimate of drug-likeness (QED) is 0.759. The van der Waals surface area contributed by atoms with Gasteiger partial charge < -0.3 is 19.5 Å². The van der Waals surface area contributed by atoms with Crippen LogP contribution in [0.5, 0.6) is 5.88 Å². The molecule has 0 aliphatic carbocycles. The van der Waals surface area contributed by atoms with Gasteiger partial charge in [0.25, 0.3) is 0 Å². The van der Waals surface area contributed by atoms with Crippen molar-refractivity contribution in [3.05, 3.63) is 53.7 Å². The van der Waals surface area contributed by atoms with E-state index < -0.39 is 5.41 Å². The molecule has 0 bridgehead atoms. The van der Waals surface area contributed by atoms with Crippen LogP contribution in [-0.4, -0.2) is 44.4 Å².